The van der Waals surface area contributed by atoms with Crippen molar-refractivity contribution < 1.29 is 13.9 Å². The minimum absolute atomic E-state index is 0.103. The summed E-state index contributed by atoms with van der Waals surface area (Å²) in [5.41, 5.74) is 2.53. The van der Waals surface area contributed by atoms with E-state index in [2.05, 4.69) is 13.8 Å². The Kier molecular flexibility index (Phi) is 4.73. The third kappa shape index (κ3) is 3.69. The van der Waals surface area contributed by atoms with Crippen molar-refractivity contribution in [3.63, 3.8) is 0 Å². The summed E-state index contributed by atoms with van der Waals surface area (Å²) in [4.78, 5) is 12.2. The van der Waals surface area contributed by atoms with Crippen molar-refractivity contribution in [2.75, 3.05) is 7.11 Å². The molecule has 0 aliphatic rings. The maximum atomic E-state index is 13.6. The van der Waals surface area contributed by atoms with Gasteiger partial charge in [-0.3, -0.25) is 4.79 Å². The number of Topliss-reactive ketones (excluding diaryl/α,β-unsaturated/α-hetero) is 1. The van der Waals surface area contributed by atoms with Crippen molar-refractivity contribution in [2.45, 2.75) is 26.2 Å². The van der Waals surface area contributed by atoms with E-state index in [1.807, 2.05) is 24.3 Å². The van der Waals surface area contributed by atoms with Gasteiger partial charge in [-0.1, -0.05) is 38.1 Å². The zero-order valence-corrected chi connectivity index (χ0v) is 12.5. The van der Waals surface area contributed by atoms with Gasteiger partial charge < -0.3 is 4.74 Å². The molecule has 0 atom stereocenters. The Labute approximate surface area is 124 Å². The highest BCUT2D eigenvalue weighted by Gasteiger charge is 2.11. The predicted octanol–water partition coefficient (Wildman–Crippen LogP) is 4.38. The Morgan fingerprint density at radius 3 is 2.33 bits per heavy atom. The third-order valence-corrected chi connectivity index (χ3v) is 3.48. The van der Waals surface area contributed by atoms with Gasteiger partial charge in [-0.15, -0.1) is 0 Å². The van der Waals surface area contributed by atoms with Crippen LogP contribution < -0.4 is 4.74 Å². The highest BCUT2D eigenvalue weighted by Crippen LogP contribution is 2.20. The van der Waals surface area contributed by atoms with E-state index >= 15 is 0 Å². The van der Waals surface area contributed by atoms with Crippen molar-refractivity contribution in [2.24, 2.45) is 0 Å². The second-order valence-electron chi connectivity index (χ2n) is 5.35. The first kappa shape index (κ1) is 15.2. The molecule has 110 valence electrons. The van der Waals surface area contributed by atoms with Crippen molar-refractivity contribution in [3.8, 4) is 5.75 Å². The topological polar surface area (TPSA) is 26.3 Å². The summed E-state index contributed by atoms with van der Waals surface area (Å²) >= 11 is 0. The van der Waals surface area contributed by atoms with Crippen LogP contribution in [0.5, 0.6) is 5.75 Å². The summed E-state index contributed by atoms with van der Waals surface area (Å²) in [6, 6.07) is 12.3. The van der Waals surface area contributed by atoms with Crippen LogP contribution in [0.25, 0.3) is 0 Å². The van der Waals surface area contributed by atoms with E-state index in [0.717, 1.165) is 5.56 Å². The lowest BCUT2D eigenvalue weighted by molar-refractivity contribution is 0.0992. The molecular formula is C18H19FO2. The average molecular weight is 286 g/mol. The normalized spacial score (nSPS) is 10.7. The van der Waals surface area contributed by atoms with Gasteiger partial charge in [-0.25, -0.2) is 4.39 Å². The third-order valence-electron chi connectivity index (χ3n) is 3.48. The average Bonchev–Trinajstić information content (AvgIpc) is 2.47. The Morgan fingerprint density at radius 1 is 1.14 bits per heavy atom. The molecule has 2 aromatic rings. The first-order valence-corrected chi connectivity index (χ1v) is 6.97. The second kappa shape index (κ2) is 6.53. The molecule has 0 unspecified atom stereocenters. The summed E-state index contributed by atoms with van der Waals surface area (Å²) < 4.78 is 18.5. The molecule has 21 heavy (non-hydrogen) atoms. The molecule has 0 N–H and O–H groups in total. The fraction of sp³-hybridized carbons (Fsp3) is 0.278. The van der Waals surface area contributed by atoms with Crippen LogP contribution in [0, 0.1) is 5.82 Å². The molecule has 0 fully saturated rings. The smallest absolute Gasteiger partial charge is 0.167 e. The SMILES string of the molecule is COc1ccc(C(=O)Cc2ccc(C(C)C)cc2)cc1F. The number of hydrogen-bond acceptors (Lipinski definition) is 2. The fourth-order valence-corrected chi connectivity index (χ4v) is 2.15. The molecule has 2 rings (SSSR count). The molecule has 0 amide bonds. The number of rotatable bonds is 5. The van der Waals surface area contributed by atoms with Gasteiger partial charge in [0.25, 0.3) is 0 Å². The molecule has 0 saturated carbocycles. The van der Waals surface area contributed by atoms with E-state index < -0.39 is 5.82 Å². The van der Waals surface area contributed by atoms with Crippen molar-refractivity contribution in [1.29, 1.82) is 0 Å². The zero-order valence-electron chi connectivity index (χ0n) is 12.5. The Bertz CT molecular complexity index is 630. The van der Waals surface area contributed by atoms with E-state index in [4.69, 9.17) is 4.74 Å². The Balaban J connectivity index is 2.12. The number of carbonyl (C=O) groups is 1. The van der Waals surface area contributed by atoms with Crippen LogP contribution >= 0.6 is 0 Å². The number of halogens is 1. The lowest BCUT2D eigenvalue weighted by atomic mass is 9.98. The summed E-state index contributed by atoms with van der Waals surface area (Å²) in [5, 5.41) is 0. The number of ketones is 1. The monoisotopic (exact) mass is 286 g/mol. The number of hydrogen-bond donors (Lipinski definition) is 0. The van der Waals surface area contributed by atoms with Gasteiger partial charge in [0.2, 0.25) is 0 Å². The first-order chi connectivity index (χ1) is 10.0. The van der Waals surface area contributed by atoms with Gasteiger partial charge >= 0.3 is 0 Å². The highest BCUT2D eigenvalue weighted by atomic mass is 19.1. The van der Waals surface area contributed by atoms with Gasteiger partial charge in [-0.05, 0) is 35.2 Å². The number of methoxy groups -OCH3 is 1. The fourth-order valence-electron chi connectivity index (χ4n) is 2.15. The van der Waals surface area contributed by atoms with Crippen LogP contribution in [-0.2, 0) is 6.42 Å². The lowest BCUT2D eigenvalue weighted by Gasteiger charge is -2.07. The summed E-state index contributed by atoms with van der Waals surface area (Å²) in [6.45, 7) is 4.25. The molecule has 2 aromatic carbocycles. The second-order valence-corrected chi connectivity index (χ2v) is 5.35. The van der Waals surface area contributed by atoms with Crippen molar-refractivity contribution in [1.82, 2.24) is 0 Å². The molecule has 3 heteroatoms. The summed E-state index contributed by atoms with van der Waals surface area (Å²) in [5.74, 6) is -0.00868. The first-order valence-electron chi connectivity index (χ1n) is 6.97. The van der Waals surface area contributed by atoms with Crippen LogP contribution in [0.2, 0.25) is 0 Å². The summed E-state index contributed by atoms with van der Waals surface area (Å²) in [7, 11) is 1.40. The van der Waals surface area contributed by atoms with E-state index in [9.17, 15) is 9.18 Å². The molecule has 0 aliphatic carbocycles. The van der Waals surface area contributed by atoms with Gasteiger partial charge in [-0.2, -0.15) is 0 Å². The molecule has 0 aromatic heterocycles. The van der Waals surface area contributed by atoms with E-state index in [1.54, 1.807) is 6.07 Å². The Hall–Kier alpha value is -2.16. The number of carbonyl (C=O) groups excluding carboxylic acids is 1. The molecular weight excluding hydrogens is 267 g/mol. The summed E-state index contributed by atoms with van der Waals surface area (Å²) in [6.07, 6.45) is 0.268. The molecule has 0 bridgehead atoms. The lowest BCUT2D eigenvalue weighted by Crippen LogP contribution is -2.04. The predicted molar refractivity (Wildman–Crippen MR) is 81.5 cm³/mol. The minimum atomic E-state index is -0.515. The van der Waals surface area contributed by atoms with Crippen LogP contribution in [0.4, 0.5) is 4.39 Å². The highest BCUT2D eigenvalue weighted by molar-refractivity contribution is 5.97. The maximum absolute atomic E-state index is 13.6. The van der Waals surface area contributed by atoms with Crippen LogP contribution in [0.3, 0.4) is 0 Å². The standard InChI is InChI=1S/C18H19FO2/c1-12(2)14-6-4-13(5-7-14)10-17(20)15-8-9-18(21-3)16(19)11-15/h4-9,11-12H,10H2,1-3H3. The number of benzene rings is 2. The minimum Gasteiger partial charge on any atom is -0.494 e. The van der Waals surface area contributed by atoms with Gasteiger partial charge in [0, 0.05) is 12.0 Å². The molecule has 2 nitrogen and oxygen atoms in total. The van der Waals surface area contributed by atoms with Crippen molar-refractivity contribution >= 4 is 5.78 Å². The van der Waals surface area contributed by atoms with Gasteiger partial charge in [0.1, 0.15) is 0 Å². The molecule has 0 aliphatic heterocycles. The molecule has 0 saturated heterocycles. The van der Waals surface area contributed by atoms with Gasteiger partial charge in [0.05, 0.1) is 7.11 Å². The van der Waals surface area contributed by atoms with E-state index in [0.29, 0.717) is 11.5 Å². The van der Waals surface area contributed by atoms with Crippen LogP contribution in [0.1, 0.15) is 41.3 Å². The Morgan fingerprint density at radius 2 is 1.81 bits per heavy atom. The van der Waals surface area contributed by atoms with Gasteiger partial charge in [0.15, 0.2) is 17.3 Å². The van der Waals surface area contributed by atoms with E-state index in [1.165, 1.54) is 24.8 Å². The van der Waals surface area contributed by atoms with Crippen LogP contribution in [0.15, 0.2) is 42.5 Å². The zero-order chi connectivity index (χ0) is 15.4. The quantitative estimate of drug-likeness (QED) is 0.762. The largest absolute Gasteiger partial charge is 0.494 e. The molecule has 0 spiro atoms. The number of ether oxygens (including phenoxy) is 1. The van der Waals surface area contributed by atoms with Crippen molar-refractivity contribution in [3.05, 3.63) is 65.0 Å². The molecule has 0 radical (unpaired) electrons. The van der Waals surface area contributed by atoms with E-state index in [-0.39, 0.29) is 18.0 Å². The van der Waals surface area contributed by atoms with Crippen LogP contribution in [-0.4, -0.2) is 12.9 Å². The maximum Gasteiger partial charge on any atom is 0.167 e. The molecule has 0 heterocycles.